The molecule has 7 heteroatoms. The van der Waals surface area contributed by atoms with Crippen molar-refractivity contribution in [2.24, 2.45) is 0 Å². The van der Waals surface area contributed by atoms with Crippen molar-refractivity contribution in [3.05, 3.63) is 110 Å². The van der Waals surface area contributed by atoms with E-state index in [-0.39, 0.29) is 17.7 Å². The van der Waals surface area contributed by atoms with E-state index in [1.165, 1.54) is 36.4 Å². The van der Waals surface area contributed by atoms with Crippen molar-refractivity contribution in [2.75, 3.05) is 0 Å². The first-order valence-electron chi connectivity index (χ1n) is 9.73. The molecule has 0 aliphatic heterocycles. The van der Waals surface area contributed by atoms with Crippen molar-refractivity contribution in [1.82, 2.24) is 0 Å². The fraction of sp³-hybridized carbons (Fsp3) is 0.167. The number of fused-ring (bicyclic) bond motifs is 2. The van der Waals surface area contributed by atoms with Crippen LogP contribution in [0.25, 0.3) is 0 Å². The molecule has 0 radical (unpaired) electrons. The zero-order valence-electron chi connectivity index (χ0n) is 16.4. The molecule has 4 rings (SSSR count). The van der Waals surface area contributed by atoms with E-state index in [9.17, 15) is 24.1 Å². The smallest absolute Gasteiger partial charge is 0.338 e. The van der Waals surface area contributed by atoms with E-state index in [4.69, 9.17) is 4.74 Å². The lowest BCUT2D eigenvalue weighted by atomic mass is 9.86. The van der Waals surface area contributed by atoms with Gasteiger partial charge in [0.15, 0.2) is 0 Å². The Morgan fingerprint density at radius 1 is 1.06 bits per heavy atom. The van der Waals surface area contributed by atoms with Crippen LogP contribution in [-0.2, 0) is 16.0 Å². The standard InChI is InChI=1S/C24H18FNO5/c25-18-8-5-17-13-16-3-1-2-4-20(16)21(11-12-27)23(22(17)14-18)31-24(28)15-6-9-19(10-7-15)26(29)30/h1-10,12,14,21,23H,11,13H2/t21-,23+/m1/s1. The van der Waals surface area contributed by atoms with Crippen LogP contribution in [0.1, 0.15) is 51.1 Å². The van der Waals surface area contributed by atoms with Gasteiger partial charge in [-0.05, 0) is 52.9 Å². The van der Waals surface area contributed by atoms with Gasteiger partial charge in [0, 0.05) is 24.5 Å². The van der Waals surface area contributed by atoms with Crippen LogP contribution in [0.3, 0.4) is 0 Å². The summed E-state index contributed by atoms with van der Waals surface area (Å²) in [5, 5.41) is 10.9. The summed E-state index contributed by atoms with van der Waals surface area (Å²) in [6.07, 6.45) is 0.485. The first-order valence-corrected chi connectivity index (χ1v) is 9.73. The Hall–Kier alpha value is -3.87. The average molecular weight is 419 g/mol. The van der Waals surface area contributed by atoms with Gasteiger partial charge in [0.1, 0.15) is 18.2 Å². The number of hydrogen-bond donors (Lipinski definition) is 0. The second kappa shape index (κ2) is 8.47. The van der Waals surface area contributed by atoms with Gasteiger partial charge in [0.05, 0.1) is 10.5 Å². The van der Waals surface area contributed by atoms with Gasteiger partial charge in [-0.1, -0.05) is 30.3 Å². The molecule has 0 fully saturated rings. The minimum atomic E-state index is -0.887. The molecule has 6 nitrogen and oxygen atoms in total. The largest absolute Gasteiger partial charge is 0.453 e. The summed E-state index contributed by atoms with van der Waals surface area (Å²) in [7, 11) is 0. The van der Waals surface area contributed by atoms with Gasteiger partial charge in [-0.3, -0.25) is 10.1 Å². The van der Waals surface area contributed by atoms with Crippen LogP contribution >= 0.6 is 0 Å². The molecule has 3 aromatic carbocycles. The van der Waals surface area contributed by atoms with Crippen molar-refractivity contribution in [1.29, 1.82) is 0 Å². The Morgan fingerprint density at radius 3 is 2.48 bits per heavy atom. The molecule has 1 aliphatic carbocycles. The Kier molecular flexibility index (Phi) is 5.58. The molecule has 3 aromatic rings. The molecule has 156 valence electrons. The van der Waals surface area contributed by atoms with Crippen LogP contribution in [-0.4, -0.2) is 17.2 Å². The van der Waals surface area contributed by atoms with Gasteiger partial charge in [0.2, 0.25) is 0 Å². The Balaban J connectivity index is 1.77. The normalized spacial score (nSPS) is 17.1. The summed E-state index contributed by atoms with van der Waals surface area (Å²) < 4.78 is 20.0. The fourth-order valence-corrected chi connectivity index (χ4v) is 4.04. The highest BCUT2D eigenvalue weighted by molar-refractivity contribution is 5.90. The number of halogens is 1. The van der Waals surface area contributed by atoms with E-state index >= 15 is 0 Å². The van der Waals surface area contributed by atoms with Crippen molar-refractivity contribution in [3.63, 3.8) is 0 Å². The molecule has 0 bridgehead atoms. The molecule has 0 spiro atoms. The average Bonchev–Trinajstić information content (AvgIpc) is 2.89. The number of hydrogen-bond acceptors (Lipinski definition) is 5. The minimum absolute atomic E-state index is 0.0885. The van der Waals surface area contributed by atoms with Crippen LogP contribution in [0.2, 0.25) is 0 Å². The Labute approximate surface area is 177 Å². The molecule has 0 amide bonds. The van der Waals surface area contributed by atoms with Gasteiger partial charge in [-0.15, -0.1) is 0 Å². The molecular formula is C24H18FNO5. The molecular weight excluding hydrogens is 401 g/mol. The quantitative estimate of drug-likeness (QED) is 0.254. The Morgan fingerprint density at radius 2 is 1.77 bits per heavy atom. The topological polar surface area (TPSA) is 86.5 Å². The summed E-state index contributed by atoms with van der Waals surface area (Å²) in [6.45, 7) is 0. The van der Waals surface area contributed by atoms with Crippen molar-refractivity contribution >= 4 is 17.9 Å². The molecule has 0 N–H and O–H groups in total. The summed E-state index contributed by atoms with van der Waals surface area (Å²) >= 11 is 0. The molecule has 2 atom stereocenters. The van der Waals surface area contributed by atoms with E-state index < -0.39 is 28.7 Å². The predicted octanol–water partition coefficient (Wildman–Crippen LogP) is 4.91. The highest BCUT2D eigenvalue weighted by Gasteiger charge is 2.34. The number of nitro groups is 1. The van der Waals surface area contributed by atoms with Gasteiger partial charge < -0.3 is 9.53 Å². The molecule has 0 unspecified atom stereocenters. The van der Waals surface area contributed by atoms with E-state index in [0.29, 0.717) is 12.0 Å². The predicted molar refractivity (Wildman–Crippen MR) is 110 cm³/mol. The number of rotatable bonds is 5. The molecule has 31 heavy (non-hydrogen) atoms. The lowest BCUT2D eigenvalue weighted by Gasteiger charge is -2.26. The second-order valence-corrected chi connectivity index (χ2v) is 7.36. The number of carbonyl (C=O) groups excluding carboxylic acids is 2. The van der Waals surface area contributed by atoms with Crippen LogP contribution in [0.5, 0.6) is 0 Å². The number of non-ortho nitro benzene ring substituents is 1. The van der Waals surface area contributed by atoms with Crippen molar-refractivity contribution in [3.8, 4) is 0 Å². The van der Waals surface area contributed by atoms with Crippen LogP contribution in [0, 0.1) is 15.9 Å². The maximum absolute atomic E-state index is 14.1. The molecule has 0 saturated carbocycles. The molecule has 0 saturated heterocycles. The zero-order chi connectivity index (χ0) is 22.0. The van der Waals surface area contributed by atoms with Gasteiger partial charge in [-0.25, -0.2) is 9.18 Å². The first kappa shape index (κ1) is 20.4. The SMILES string of the molecule is O=CC[C@@H]1c2ccccc2Cc2ccc(F)cc2[C@H]1OC(=O)c1ccc([N+](=O)[O-])cc1. The van der Waals surface area contributed by atoms with Gasteiger partial charge >= 0.3 is 5.97 Å². The van der Waals surface area contributed by atoms with Gasteiger partial charge in [-0.2, -0.15) is 0 Å². The number of carbonyl (C=O) groups is 2. The summed E-state index contributed by atoms with van der Waals surface area (Å²) in [5.41, 5.74) is 3.16. The third-order valence-corrected chi connectivity index (χ3v) is 5.51. The van der Waals surface area contributed by atoms with Crippen LogP contribution in [0.15, 0.2) is 66.7 Å². The highest BCUT2D eigenvalue weighted by Crippen LogP contribution is 2.43. The summed E-state index contributed by atoms with van der Waals surface area (Å²) in [6, 6.07) is 17.0. The Bertz CT molecular complexity index is 1160. The van der Waals surface area contributed by atoms with Gasteiger partial charge in [0.25, 0.3) is 5.69 Å². The lowest BCUT2D eigenvalue weighted by molar-refractivity contribution is -0.384. The maximum Gasteiger partial charge on any atom is 0.338 e. The number of esters is 1. The van der Waals surface area contributed by atoms with E-state index in [0.717, 1.165) is 23.0 Å². The molecule has 0 aromatic heterocycles. The fourth-order valence-electron chi connectivity index (χ4n) is 4.04. The zero-order valence-corrected chi connectivity index (χ0v) is 16.4. The monoisotopic (exact) mass is 419 g/mol. The molecule has 0 heterocycles. The van der Waals surface area contributed by atoms with E-state index in [1.807, 2.05) is 24.3 Å². The van der Waals surface area contributed by atoms with E-state index in [2.05, 4.69) is 0 Å². The summed E-state index contributed by atoms with van der Waals surface area (Å²) in [5.74, 6) is -1.66. The van der Waals surface area contributed by atoms with Crippen molar-refractivity contribution in [2.45, 2.75) is 24.9 Å². The number of aldehydes is 1. The number of ether oxygens (including phenoxy) is 1. The van der Waals surface area contributed by atoms with Crippen LogP contribution < -0.4 is 0 Å². The minimum Gasteiger partial charge on any atom is -0.453 e. The maximum atomic E-state index is 14.1. The van der Waals surface area contributed by atoms with Crippen LogP contribution in [0.4, 0.5) is 10.1 Å². The highest BCUT2D eigenvalue weighted by atomic mass is 19.1. The third kappa shape index (κ3) is 4.07. The number of nitrogens with zero attached hydrogens (tertiary/aromatic N) is 1. The van der Waals surface area contributed by atoms with E-state index in [1.54, 1.807) is 6.07 Å². The third-order valence-electron chi connectivity index (χ3n) is 5.51. The van der Waals surface area contributed by atoms with Crippen molar-refractivity contribution < 1.29 is 23.6 Å². The number of nitro benzene ring substituents is 1. The number of benzene rings is 3. The lowest BCUT2D eigenvalue weighted by Crippen LogP contribution is -2.20. The second-order valence-electron chi connectivity index (χ2n) is 7.36. The molecule has 1 aliphatic rings. The first-order chi connectivity index (χ1) is 15.0. The summed E-state index contributed by atoms with van der Waals surface area (Å²) in [4.78, 5) is 34.7.